The number of benzene rings is 1. The number of thioether (sulfide) groups is 1. The van der Waals surface area contributed by atoms with Gasteiger partial charge in [-0.25, -0.2) is 0 Å². The van der Waals surface area contributed by atoms with E-state index in [-0.39, 0.29) is 5.91 Å². The van der Waals surface area contributed by atoms with Crippen molar-refractivity contribution in [1.82, 2.24) is 14.8 Å². The van der Waals surface area contributed by atoms with E-state index in [9.17, 15) is 4.79 Å². The van der Waals surface area contributed by atoms with Crippen molar-refractivity contribution in [2.45, 2.75) is 32.5 Å². The summed E-state index contributed by atoms with van der Waals surface area (Å²) in [6.45, 7) is 6.82. The molecule has 0 bridgehead atoms. The predicted molar refractivity (Wildman–Crippen MR) is 104 cm³/mol. The Hall–Kier alpha value is -2.12. The van der Waals surface area contributed by atoms with E-state index in [0.717, 1.165) is 39.2 Å². The molecule has 1 amide bonds. The maximum absolute atomic E-state index is 12.3. The maximum atomic E-state index is 12.3. The molecule has 0 saturated heterocycles. The summed E-state index contributed by atoms with van der Waals surface area (Å²) in [4.78, 5) is 13.4. The van der Waals surface area contributed by atoms with Crippen LogP contribution in [0.5, 0.6) is 0 Å². The summed E-state index contributed by atoms with van der Waals surface area (Å²) in [5.74, 6) is 1.12. The molecule has 2 aromatic heterocycles. The van der Waals surface area contributed by atoms with E-state index < -0.39 is 0 Å². The number of hydrogen-bond acceptors (Lipinski definition) is 5. The van der Waals surface area contributed by atoms with Crippen LogP contribution in [0.15, 0.2) is 40.9 Å². The zero-order valence-corrected chi connectivity index (χ0v) is 16.1. The third-order valence-corrected chi connectivity index (χ3v) is 5.61. The summed E-state index contributed by atoms with van der Waals surface area (Å²) in [6, 6.07) is 10.1. The van der Waals surface area contributed by atoms with Crippen molar-refractivity contribution in [3.63, 3.8) is 0 Å². The molecule has 0 radical (unpaired) electrons. The first-order valence-corrected chi connectivity index (χ1v) is 9.92. The number of amides is 1. The minimum absolute atomic E-state index is 0.0398. The van der Waals surface area contributed by atoms with Crippen molar-refractivity contribution in [3.8, 4) is 10.7 Å². The fourth-order valence-corrected chi connectivity index (χ4v) is 3.98. The van der Waals surface area contributed by atoms with Gasteiger partial charge in [0.1, 0.15) is 0 Å². The number of carbonyl (C=O) groups excluding carboxylic acids is 1. The molecule has 0 atom stereocenters. The highest BCUT2D eigenvalue weighted by Crippen LogP contribution is 2.27. The molecule has 0 unspecified atom stereocenters. The number of aromatic nitrogens is 3. The Bertz CT molecular complexity index is 871. The molecule has 3 rings (SSSR count). The van der Waals surface area contributed by atoms with Crippen molar-refractivity contribution in [2.75, 3.05) is 11.1 Å². The van der Waals surface area contributed by atoms with Gasteiger partial charge in [0.05, 0.1) is 10.6 Å². The maximum Gasteiger partial charge on any atom is 0.234 e. The molecule has 1 N–H and O–H groups in total. The average molecular weight is 373 g/mol. The van der Waals surface area contributed by atoms with Gasteiger partial charge in [0, 0.05) is 12.2 Å². The first-order chi connectivity index (χ1) is 12.1. The van der Waals surface area contributed by atoms with Gasteiger partial charge in [0.25, 0.3) is 0 Å². The SMILES string of the molecule is CCn1c(SCC(=O)Nc2cc(C)ccc2C)nnc1-c1cccs1. The van der Waals surface area contributed by atoms with Crippen LogP contribution in [-0.2, 0) is 11.3 Å². The Balaban J connectivity index is 1.67. The zero-order chi connectivity index (χ0) is 17.8. The summed E-state index contributed by atoms with van der Waals surface area (Å²) in [5, 5.41) is 14.3. The fraction of sp³-hybridized carbons (Fsp3) is 0.278. The topological polar surface area (TPSA) is 59.8 Å². The Morgan fingerprint density at radius 3 is 2.84 bits per heavy atom. The molecule has 25 heavy (non-hydrogen) atoms. The molecule has 2 heterocycles. The second-order valence-electron chi connectivity index (χ2n) is 5.68. The van der Waals surface area contributed by atoms with E-state index in [4.69, 9.17) is 0 Å². The van der Waals surface area contributed by atoms with Crippen LogP contribution in [0.2, 0.25) is 0 Å². The van der Waals surface area contributed by atoms with Crippen LogP contribution >= 0.6 is 23.1 Å². The van der Waals surface area contributed by atoms with Gasteiger partial charge in [-0.1, -0.05) is 30.0 Å². The molecule has 0 aliphatic rings. The molecule has 7 heteroatoms. The molecule has 0 aliphatic carbocycles. The van der Waals surface area contributed by atoms with Crippen LogP contribution in [0, 0.1) is 13.8 Å². The molecule has 0 spiro atoms. The van der Waals surface area contributed by atoms with E-state index in [1.807, 2.05) is 54.1 Å². The number of nitrogens with zero attached hydrogens (tertiary/aromatic N) is 3. The number of anilines is 1. The highest BCUT2D eigenvalue weighted by Gasteiger charge is 2.15. The third kappa shape index (κ3) is 4.11. The minimum atomic E-state index is -0.0398. The second kappa shape index (κ2) is 7.84. The summed E-state index contributed by atoms with van der Waals surface area (Å²) in [7, 11) is 0. The Morgan fingerprint density at radius 2 is 2.12 bits per heavy atom. The first-order valence-electron chi connectivity index (χ1n) is 8.05. The Morgan fingerprint density at radius 1 is 1.28 bits per heavy atom. The van der Waals surface area contributed by atoms with Gasteiger partial charge >= 0.3 is 0 Å². The number of hydrogen-bond donors (Lipinski definition) is 1. The quantitative estimate of drug-likeness (QED) is 0.653. The van der Waals surface area contributed by atoms with Crippen molar-refractivity contribution < 1.29 is 4.79 Å². The predicted octanol–water partition coefficient (Wildman–Crippen LogP) is 4.37. The normalized spacial score (nSPS) is 10.8. The van der Waals surface area contributed by atoms with E-state index in [2.05, 4.69) is 22.4 Å². The van der Waals surface area contributed by atoms with Gasteiger partial charge in [-0.05, 0) is 49.4 Å². The summed E-state index contributed by atoms with van der Waals surface area (Å²) < 4.78 is 2.04. The molecule has 130 valence electrons. The van der Waals surface area contributed by atoms with E-state index >= 15 is 0 Å². The van der Waals surface area contributed by atoms with Gasteiger partial charge in [-0.15, -0.1) is 21.5 Å². The molecule has 3 aromatic rings. The average Bonchev–Trinajstić information content (AvgIpc) is 3.24. The monoisotopic (exact) mass is 372 g/mol. The van der Waals surface area contributed by atoms with Crippen molar-refractivity contribution in [2.24, 2.45) is 0 Å². The van der Waals surface area contributed by atoms with Crippen LogP contribution in [0.1, 0.15) is 18.1 Å². The fourth-order valence-electron chi connectivity index (χ4n) is 2.46. The van der Waals surface area contributed by atoms with Crippen molar-refractivity contribution in [3.05, 3.63) is 46.8 Å². The van der Waals surface area contributed by atoms with E-state index in [1.165, 1.54) is 11.8 Å². The molecule has 1 aromatic carbocycles. The van der Waals surface area contributed by atoms with Crippen LogP contribution in [0.25, 0.3) is 10.7 Å². The molecular formula is C18H20N4OS2. The highest BCUT2D eigenvalue weighted by atomic mass is 32.2. The summed E-state index contributed by atoms with van der Waals surface area (Å²) in [6.07, 6.45) is 0. The van der Waals surface area contributed by atoms with Crippen LogP contribution in [0.3, 0.4) is 0 Å². The third-order valence-electron chi connectivity index (χ3n) is 3.77. The van der Waals surface area contributed by atoms with Gasteiger partial charge in [-0.2, -0.15) is 0 Å². The van der Waals surface area contributed by atoms with Crippen LogP contribution in [-0.4, -0.2) is 26.4 Å². The standard InChI is InChI=1S/C18H20N4OS2/c1-4-22-17(15-6-5-9-24-15)20-21-18(22)25-11-16(23)19-14-10-12(2)7-8-13(14)3/h5-10H,4,11H2,1-3H3,(H,19,23). The van der Waals surface area contributed by atoms with Gasteiger partial charge < -0.3 is 9.88 Å². The van der Waals surface area contributed by atoms with Crippen LogP contribution in [0.4, 0.5) is 5.69 Å². The zero-order valence-electron chi connectivity index (χ0n) is 14.4. The first kappa shape index (κ1) is 17.7. The van der Waals surface area contributed by atoms with E-state index in [1.54, 1.807) is 11.3 Å². The summed E-state index contributed by atoms with van der Waals surface area (Å²) in [5.41, 5.74) is 3.04. The van der Waals surface area contributed by atoms with Crippen molar-refractivity contribution >= 4 is 34.7 Å². The molecule has 0 saturated carbocycles. The Labute approximate surface area is 155 Å². The minimum Gasteiger partial charge on any atom is -0.325 e. The number of aryl methyl sites for hydroxylation is 2. The van der Waals surface area contributed by atoms with Gasteiger partial charge in [-0.3, -0.25) is 4.79 Å². The lowest BCUT2D eigenvalue weighted by Crippen LogP contribution is -2.15. The Kier molecular flexibility index (Phi) is 5.55. The summed E-state index contributed by atoms with van der Waals surface area (Å²) >= 11 is 3.05. The smallest absolute Gasteiger partial charge is 0.234 e. The van der Waals surface area contributed by atoms with E-state index in [0.29, 0.717) is 5.75 Å². The number of nitrogens with one attached hydrogen (secondary N) is 1. The number of thiophene rings is 1. The van der Waals surface area contributed by atoms with Crippen LogP contribution < -0.4 is 5.32 Å². The molecular weight excluding hydrogens is 352 g/mol. The number of rotatable bonds is 6. The lowest BCUT2D eigenvalue weighted by molar-refractivity contribution is -0.113. The van der Waals surface area contributed by atoms with Crippen molar-refractivity contribution in [1.29, 1.82) is 0 Å². The second-order valence-corrected chi connectivity index (χ2v) is 7.57. The highest BCUT2D eigenvalue weighted by molar-refractivity contribution is 7.99. The largest absolute Gasteiger partial charge is 0.325 e. The molecule has 0 fully saturated rings. The van der Waals surface area contributed by atoms with Gasteiger partial charge in [0.2, 0.25) is 5.91 Å². The molecule has 5 nitrogen and oxygen atoms in total. The number of carbonyl (C=O) groups is 1. The molecule has 0 aliphatic heterocycles. The lowest BCUT2D eigenvalue weighted by atomic mass is 10.1. The van der Waals surface area contributed by atoms with Gasteiger partial charge in [0.15, 0.2) is 11.0 Å². The lowest BCUT2D eigenvalue weighted by Gasteiger charge is -2.09.